The molecule has 0 heterocycles. The van der Waals surface area contributed by atoms with E-state index in [4.69, 9.17) is 5.11 Å². The molecule has 1 aromatic rings. The second kappa shape index (κ2) is 5.89. The van der Waals surface area contributed by atoms with Gasteiger partial charge in [0.2, 0.25) is 0 Å². The Morgan fingerprint density at radius 2 is 1.73 bits per heavy atom. The molecule has 2 heteroatoms. The summed E-state index contributed by atoms with van der Waals surface area (Å²) in [6.07, 6.45) is 0. The molecule has 1 unspecified atom stereocenters. The number of benzene rings is 1. The first kappa shape index (κ1) is 12.2. The van der Waals surface area contributed by atoms with Crippen LogP contribution in [0.4, 0.5) is 0 Å². The van der Waals surface area contributed by atoms with Gasteiger partial charge in [0.05, 0.1) is 6.61 Å². The summed E-state index contributed by atoms with van der Waals surface area (Å²) < 4.78 is 0. The van der Waals surface area contributed by atoms with Crippen molar-refractivity contribution in [3.8, 4) is 0 Å². The smallest absolute Gasteiger partial charge is 0.0582 e. The van der Waals surface area contributed by atoms with Gasteiger partial charge in [-0.15, -0.1) is 0 Å². The highest BCUT2D eigenvalue weighted by Gasteiger charge is 2.16. The first-order valence-corrected chi connectivity index (χ1v) is 5.57. The van der Waals surface area contributed by atoms with E-state index < -0.39 is 0 Å². The SMILES string of the molecule is CC(C)C(N[C@H](C)CO)c1ccccc1. The lowest BCUT2D eigenvalue weighted by atomic mass is 9.95. The number of aliphatic hydroxyl groups excluding tert-OH is 1. The highest BCUT2D eigenvalue weighted by atomic mass is 16.3. The van der Waals surface area contributed by atoms with Crippen molar-refractivity contribution in [2.45, 2.75) is 32.9 Å². The van der Waals surface area contributed by atoms with Crippen molar-refractivity contribution in [1.82, 2.24) is 5.32 Å². The fraction of sp³-hybridized carbons (Fsp3) is 0.538. The van der Waals surface area contributed by atoms with Crippen LogP contribution in [0.1, 0.15) is 32.4 Å². The van der Waals surface area contributed by atoms with Crippen molar-refractivity contribution in [2.24, 2.45) is 5.92 Å². The van der Waals surface area contributed by atoms with Crippen molar-refractivity contribution in [3.05, 3.63) is 35.9 Å². The largest absolute Gasteiger partial charge is 0.395 e. The summed E-state index contributed by atoms with van der Waals surface area (Å²) in [6.45, 7) is 6.55. The van der Waals surface area contributed by atoms with Gasteiger partial charge in [0.15, 0.2) is 0 Å². The predicted octanol–water partition coefficient (Wildman–Crippen LogP) is 2.35. The second-order valence-corrected chi connectivity index (χ2v) is 4.38. The summed E-state index contributed by atoms with van der Waals surface area (Å²) in [5.74, 6) is 0.515. The third-order valence-corrected chi connectivity index (χ3v) is 2.56. The van der Waals surface area contributed by atoms with Crippen LogP contribution in [0, 0.1) is 5.92 Å². The van der Waals surface area contributed by atoms with E-state index in [0.717, 1.165) is 0 Å². The lowest BCUT2D eigenvalue weighted by Gasteiger charge is -2.26. The van der Waals surface area contributed by atoms with E-state index in [1.165, 1.54) is 5.56 Å². The Kier molecular flexibility index (Phi) is 4.79. The van der Waals surface area contributed by atoms with Gasteiger partial charge in [-0.05, 0) is 18.4 Å². The van der Waals surface area contributed by atoms with Crippen LogP contribution in [0.3, 0.4) is 0 Å². The molecule has 1 rings (SSSR count). The molecular weight excluding hydrogens is 186 g/mol. The molecule has 2 N–H and O–H groups in total. The van der Waals surface area contributed by atoms with Crippen molar-refractivity contribution in [1.29, 1.82) is 0 Å². The first-order chi connectivity index (χ1) is 7.15. The van der Waals surface area contributed by atoms with Crippen molar-refractivity contribution in [2.75, 3.05) is 6.61 Å². The minimum absolute atomic E-state index is 0.137. The standard InChI is InChI=1S/C13H21NO/c1-10(2)13(14-11(3)9-15)12-7-5-4-6-8-12/h4-8,10-11,13-15H,9H2,1-3H3/t11-,13?/m1/s1. The van der Waals surface area contributed by atoms with E-state index in [9.17, 15) is 0 Å². The number of rotatable bonds is 5. The fourth-order valence-electron chi connectivity index (χ4n) is 1.69. The molecule has 1 aromatic carbocycles. The predicted molar refractivity (Wildman–Crippen MR) is 63.7 cm³/mol. The summed E-state index contributed by atoms with van der Waals surface area (Å²) in [5, 5.41) is 12.5. The van der Waals surface area contributed by atoms with Gasteiger partial charge in [-0.2, -0.15) is 0 Å². The molecule has 0 saturated heterocycles. The molecule has 2 nitrogen and oxygen atoms in total. The Hall–Kier alpha value is -0.860. The Balaban J connectivity index is 2.75. The number of nitrogens with one attached hydrogen (secondary N) is 1. The van der Waals surface area contributed by atoms with Gasteiger partial charge in [-0.25, -0.2) is 0 Å². The lowest BCUT2D eigenvalue weighted by Crippen LogP contribution is -2.35. The molecule has 0 aliphatic rings. The van der Waals surface area contributed by atoms with Crippen LogP contribution in [0.25, 0.3) is 0 Å². The fourth-order valence-corrected chi connectivity index (χ4v) is 1.69. The van der Waals surface area contributed by atoms with E-state index in [0.29, 0.717) is 12.0 Å². The molecule has 0 aromatic heterocycles. The zero-order chi connectivity index (χ0) is 11.3. The van der Waals surface area contributed by atoms with E-state index in [2.05, 4.69) is 43.4 Å². The third-order valence-electron chi connectivity index (χ3n) is 2.56. The highest BCUT2D eigenvalue weighted by Crippen LogP contribution is 2.21. The van der Waals surface area contributed by atoms with Crippen LogP contribution >= 0.6 is 0 Å². The molecule has 0 radical (unpaired) electrons. The van der Waals surface area contributed by atoms with Crippen LogP contribution in [0.5, 0.6) is 0 Å². The van der Waals surface area contributed by atoms with Gasteiger partial charge in [0, 0.05) is 12.1 Å². The topological polar surface area (TPSA) is 32.3 Å². The Morgan fingerprint density at radius 1 is 1.13 bits per heavy atom. The summed E-state index contributed by atoms with van der Waals surface area (Å²) in [6, 6.07) is 10.8. The molecule has 0 fully saturated rings. The van der Waals surface area contributed by atoms with Crippen LogP contribution in [-0.2, 0) is 0 Å². The molecule has 0 spiro atoms. The number of aliphatic hydroxyl groups is 1. The van der Waals surface area contributed by atoms with E-state index >= 15 is 0 Å². The second-order valence-electron chi connectivity index (χ2n) is 4.38. The van der Waals surface area contributed by atoms with Crippen molar-refractivity contribution in [3.63, 3.8) is 0 Å². The van der Waals surface area contributed by atoms with Gasteiger partial charge in [-0.3, -0.25) is 0 Å². The molecule has 0 amide bonds. The molecule has 0 saturated carbocycles. The van der Waals surface area contributed by atoms with Crippen LogP contribution in [0.2, 0.25) is 0 Å². The number of hydrogen-bond acceptors (Lipinski definition) is 2. The van der Waals surface area contributed by atoms with E-state index in [-0.39, 0.29) is 12.6 Å². The van der Waals surface area contributed by atoms with Gasteiger partial charge in [-0.1, -0.05) is 44.2 Å². The van der Waals surface area contributed by atoms with Crippen LogP contribution in [0.15, 0.2) is 30.3 Å². The quantitative estimate of drug-likeness (QED) is 0.777. The molecular formula is C13H21NO. The molecule has 84 valence electrons. The Morgan fingerprint density at radius 3 is 2.20 bits per heavy atom. The molecule has 2 atom stereocenters. The summed E-state index contributed by atoms with van der Waals surface area (Å²) in [7, 11) is 0. The average molecular weight is 207 g/mol. The number of hydrogen-bond donors (Lipinski definition) is 2. The monoisotopic (exact) mass is 207 g/mol. The zero-order valence-corrected chi connectivity index (χ0v) is 9.77. The Labute approximate surface area is 92.3 Å². The first-order valence-electron chi connectivity index (χ1n) is 5.57. The summed E-state index contributed by atoms with van der Waals surface area (Å²) >= 11 is 0. The van der Waals surface area contributed by atoms with Crippen LogP contribution < -0.4 is 5.32 Å². The molecule has 0 aliphatic carbocycles. The maximum Gasteiger partial charge on any atom is 0.0582 e. The highest BCUT2D eigenvalue weighted by molar-refractivity contribution is 5.19. The van der Waals surface area contributed by atoms with E-state index in [1.807, 2.05) is 13.0 Å². The van der Waals surface area contributed by atoms with E-state index in [1.54, 1.807) is 0 Å². The summed E-state index contributed by atoms with van der Waals surface area (Å²) in [5.41, 5.74) is 1.28. The third kappa shape index (κ3) is 3.65. The maximum absolute atomic E-state index is 9.05. The molecule has 0 bridgehead atoms. The lowest BCUT2D eigenvalue weighted by molar-refractivity contribution is 0.229. The van der Waals surface area contributed by atoms with Gasteiger partial charge in [0.25, 0.3) is 0 Å². The van der Waals surface area contributed by atoms with Crippen LogP contribution in [-0.4, -0.2) is 17.8 Å². The normalized spacial score (nSPS) is 15.3. The minimum Gasteiger partial charge on any atom is -0.395 e. The van der Waals surface area contributed by atoms with Crippen molar-refractivity contribution < 1.29 is 5.11 Å². The van der Waals surface area contributed by atoms with Gasteiger partial charge in [0.1, 0.15) is 0 Å². The molecule has 15 heavy (non-hydrogen) atoms. The maximum atomic E-state index is 9.05. The Bertz CT molecular complexity index is 271. The molecule has 0 aliphatic heterocycles. The van der Waals surface area contributed by atoms with Crippen molar-refractivity contribution >= 4 is 0 Å². The van der Waals surface area contributed by atoms with Gasteiger partial charge < -0.3 is 10.4 Å². The average Bonchev–Trinajstić information content (AvgIpc) is 2.26. The summed E-state index contributed by atoms with van der Waals surface area (Å²) in [4.78, 5) is 0. The van der Waals surface area contributed by atoms with Gasteiger partial charge >= 0.3 is 0 Å². The minimum atomic E-state index is 0.137. The zero-order valence-electron chi connectivity index (χ0n) is 9.77.